The first-order valence-corrected chi connectivity index (χ1v) is 20.9. The molecule has 276 valence electrons. The number of aliphatic imine (C=N–C) groups is 1. The van der Waals surface area contributed by atoms with Crippen LogP contribution in [-0.4, -0.2) is 114 Å². The van der Waals surface area contributed by atoms with E-state index in [0.717, 1.165) is 11.1 Å². The molecule has 1 N–H and O–H groups in total. The first-order chi connectivity index (χ1) is 24.2. The molecular formula is C35H43Cl2N5O7S2. The van der Waals surface area contributed by atoms with Crippen LogP contribution in [0.15, 0.2) is 76.6 Å². The Morgan fingerprint density at radius 3 is 2.12 bits per heavy atom. The van der Waals surface area contributed by atoms with Gasteiger partial charge in [0.2, 0.25) is 10.0 Å². The van der Waals surface area contributed by atoms with Gasteiger partial charge < -0.3 is 14.4 Å². The molecule has 1 fully saturated rings. The van der Waals surface area contributed by atoms with Crippen LogP contribution < -0.4 is 9.46 Å². The number of rotatable bonds is 13. The molecule has 0 saturated carbocycles. The van der Waals surface area contributed by atoms with Gasteiger partial charge in [0.1, 0.15) is 27.5 Å². The SMILES string of the molecule is CCOc1ccc(S(=O)(=O)NC(C)COC)cc1C1=NC(c2ccc(Cl)cc2)C(c2ccc(Cl)cc2)N1C(=O)N1CCN(CCS(C)(=O)=O)CC1. The molecule has 2 amide bonds. The van der Waals surface area contributed by atoms with E-state index in [0.29, 0.717) is 54.1 Å². The number of methoxy groups -OCH3 is 1. The van der Waals surface area contributed by atoms with Crippen LogP contribution in [0.3, 0.4) is 0 Å². The van der Waals surface area contributed by atoms with Crippen LogP contribution in [0, 0.1) is 0 Å². The van der Waals surface area contributed by atoms with Gasteiger partial charge in [-0.25, -0.2) is 26.4 Å². The predicted molar refractivity (Wildman–Crippen MR) is 199 cm³/mol. The lowest BCUT2D eigenvalue weighted by Gasteiger charge is -2.39. The molecule has 2 heterocycles. The molecule has 3 aromatic rings. The summed E-state index contributed by atoms with van der Waals surface area (Å²) in [5.74, 6) is 0.629. The smallest absolute Gasteiger partial charge is 0.326 e. The summed E-state index contributed by atoms with van der Waals surface area (Å²) in [6.45, 7) is 6.00. The highest BCUT2D eigenvalue weighted by Crippen LogP contribution is 2.45. The van der Waals surface area contributed by atoms with Crippen LogP contribution in [0.25, 0.3) is 0 Å². The molecule has 12 nitrogen and oxygen atoms in total. The molecule has 2 aliphatic rings. The van der Waals surface area contributed by atoms with Crippen molar-refractivity contribution < 1.29 is 31.1 Å². The molecule has 0 aliphatic carbocycles. The minimum absolute atomic E-state index is 0.0310. The van der Waals surface area contributed by atoms with Crippen molar-refractivity contribution in [2.24, 2.45) is 4.99 Å². The zero-order chi connectivity index (χ0) is 36.9. The molecule has 0 radical (unpaired) electrons. The van der Waals surface area contributed by atoms with E-state index in [1.54, 1.807) is 47.1 Å². The van der Waals surface area contributed by atoms with Crippen molar-refractivity contribution in [2.45, 2.75) is 36.9 Å². The van der Waals surface area contributed by atoms with E-state index in [2.05, 4.69) is 4.72 Å². The van der Waals surface area contributed by atoms with Crippen LogP contribution in [0.2, 0.25) is 10.0 Å². The van der Waals surface area contributed by atoms with Gasteiger partial charge in [-0.15, -0.1) is 0 Å². The minimum Gasteiger partial charge on any atom is -0.493 e. The summed E-state index contributed by atoms with van der Waals surface area (Å²) in [5.41, 5.74) is 1.87. The molecule has 0 aromatic heterocycles. The van der Waals surface area contributed by atoms with E-state index < -0.39 is 38.0 Å². The Bertz CT molecular complexity index is 1940. The van der Waals surface area contributed by atoms with Gasteiger partial charge in [0.05, 0.1) is 35.5 Å². The van der Waals surface area contributed by atoms with E-state index in [1.165, 1.54) is 25.5 Å². The van der Waals surface area contributed by atoms with Gasteiger partial charge in [-0.1, -0.05) is 47.5 Å². The lowest BCUT2D eigenvalue weighted by atomic mass is 9.93. The zero-order valence-corrected chi connectivity index (χ0v) is 32.1. The lowest BCUT2D eigenvalue weighted by molar-refractivity contribution is 0.122. The van der Waals surface area contributed by atoms with Crippen molar-refractivity contribution in [3.8, 4) is 5.75 Å². The van der Waals surface area contributed by atoms with Crippen molar-refractivity contribution in [2.75, 3.05) is 65.1 Å². The average molecular weight is 781 g/mol. The van der Waals surface area contributed by atoms with Crippen molar-refractivity contribution in [1.82, 2.24) is 19.4 Å². The number of sulfonamides is 1. The lowest BCUT2D eigenvalue weighted by Crippen LogP contribution is -2.54. The Hall–Kier alpha value is -3.24. The third-order valence-electron chi connectivity index (χ3n) is 8.69. The number of ether oxygens (including phenoxy) is 2. The van der Waals surface area contributed by atoms with Crippen LogP contribution in [0.1, 0.15) is 42.6 Å². The van der Waals surface area contributed by atoms with Crippen LogP contribution in [-0.2, 0) is 24.6 Å². The fraction of sp³-hybridized carbons (Fsp3) is 0.429. The van der Waals surface area contributed by atoms with Gasteiger partial charge in [0, 0.05) is 62.2 Å². The van der Waals surface area contributed by atoms with E-state index in [1.807, 2.05) is 36.1 Å². The quantitative estimate of drug-likeness (QED) is 0.255. The van der Waals surface area contributed by atoms with Crippen molar-refractivity contribution in [1.29, 1.82) is 0 Å². The Balaban J connectivity index is 1.63. The van der Waals surface area contributed by atoms with Gasteiger partial charge in [-0.05, 0) is 67.4 Å². The normalized spacial score (nSPS) is 19.2. The highest BCUT2D eigenvalue weighted by Gasteiger charge is 2.45. The summed E-state index contributed by atoms with van der Waals surface area (Å²) in [4.78, 5) is 25.4. The number of halogens is 2. The fourth-order valence-corrected chi connectivity index (χ4v) is 8.31. The molecule has 3 unspecified atom stereocenters. The fourth-order valence-electron chi connectivity index (χ4n) is 6.21. The Morgan fingerprint density at radius 2 is 1.55 bits per heavy atom. The number of amidine groups is 1. The maximum absolute atomic E-state index is 14.9. The molecule has 0 bridgehead atoms. The summed E-state index contributed by atoms with van der Waals surface area (Å²) in [6, 6.07) is 16.8. The molecule has 51 heavy (non-hydrogen) atoms. The number of nitrogens with zero attached hydrogens (tertiary/aromatic N) is 4. The van der Waals surface area contributed by atoms with Crippen molar-refractivity contribution in [3.05, 3.63) is 93.5 Å². The zero-order valence-electron chi connectivity index (χ0n) is 29.0. The summed E-state index contributed by atoms with van der Waals surface area (Å²) in [5, 5.41) is 1.06. The minimum atomic E-state index is -4.02. The van der Waals surface area contributed by atoms with E-state index in [4.69, 9.17) is 37.7 Å². The monoisotopic (exact) mass is 779 g/mol. The third kappa shape index (κ3) is 9.60. The highest BCUT2D eigenvalue weighted by atomic mass is 35.5. The first-order valence-electron chi connectivity index (χ1n) is 16.6. The third-order valence-corrected chi connectivity index (χ3v) is 11.7. The number of amides is 2. The van der Waals surface area contributed by atoms with Gasteiger partial charge in [0.15, 0.2) is 0 Å². The maximum Gasteiger partial charge on any atom is 0.326 e. The molecule has 2 aliphatic heterocycles. The van der Waals surface area contributed by atoms with Crippen LogP contribution in [0.5, 0.6) is 5.75 Å². The number of sulfone groups is 1. The molecule has 16 heteroatoms. The Morgan fingerprint density at radius 1 is 0.941 bits per heavy atom. The van der Waals surface area contributed by atoms with Crippen molar-refractivity contribution in [3.63, 3.8) is 0 Å². The number of carbonyl (C=O) groups is 1. The number of hydrogen-bond acceptors (Lipinski definition) is 9. The molecule has 3 atom stereocenters. The number of hydrogen-bond donors (Lipinski definition) is 1. The molecule has 3 aromatic carbocycles. The average Bonchev–Trinajstić information content (AvgIpc) is 3.48. The molecular weight excluding hydrogens is 737 g/mol. The number of piperazine rings is 1. The summed E-state index contributed by atoms with van der Waals surface area (Å²) >= 11 is 12.6. The standard InChI is InChI=1S/C35H43Cl2N5O7S2/c1-5-49-31-15-14-29(51(46,47)39-24(2)23-48-3)22-30(31)34-38-32(25-6-10-27(36)11-7-25)33(26-8-12-28(37)13-9-26)42(34)35(43)41-18-16-40(17-19-41)20-21-50(4,44)45/h6-15,22,24,32-33,39H,5,16-21,23H2,1-4H3. The van der Waals surface area contributed by atoms with Crippen LogP contribution >= 0.6 is 23.2 Å². The first kappa shape index (κ1) is 39.0. The van der Waals surface area contributed by atoms with E-state index in [9.17, 15) is 21.6 Å². The molecule has 0 spiro atoms. The molecule has 5 rings (SSSR count). The predicted octanol–water partition coefficient (Wildman–Crippen LogP) is 5.03. The molecule has 1 saturated heterocycles. The second-order valence-corrected chi connectivity index (χ2v) is 17.5. The second kappa shape index (κ2) is 16.6. The van der Waals surface area contributed by atoms with Gasteiger partial charge in [-0.3, -0.25) is 14.8 Å². The number of nitrogens with one attached hydrogen (secondary N) is 1. The largest absolute Gasteiger partial charge is 0.493 e. The maximum atomic E-state index is 14.9. The van der Waals surface area contributed by atoms with Gasteiger partial charge in [-0.2, -0.15) is 0 Å². The van der Waals surface area contributed by atoms with E-state index >= 15 is 0 Å². The second-order valence-electron chi connectivity index (χ2n) is 12.6. The van der Waals surface area contributed by atoms with Gasteiger partial charge >= 0.3 is 6.03 Å². The number of benzene rings is 3. The summed E-state index contributed by atoms with van der Waals surface area (Å²) in [7, 11) is -5.67. The topological polar surface area (TPSA) is 138 Å². The van der Waals surface area contributed by atoms with Gasteiger partial charge in [0.25, 0.3) is 0 Å². The summed E-state index contributed by atoms with van der Waals surface area (Å²) in [6.07, 6.45) is 1.21. The van der Waals surface area contributed by atoms with Crippen LogP contribution in [0.4, 0.5) is 4.79 Å². The Labute approximate surface area is 310 Å². The number of carbonyl (C=O) groups excluding carboxylic acids is 1. The summed E-state index contributed by atoms with van der Waals surface area (Å²) < 4.78 is 64.6. The van der Waals surface area contributed by atoms with Crippen molar-refractivity contribution >= 4 is 54.9 Å². The number of urea groups is 1. The Kier molecular flexibility index (Phi) is 12.7. The van der Waals surface area contributed by atoms with E-state index in [-0.39, 0.29) is 35.7 Å². The highest BCUT2D eigenvalue weighted by molar-refractivity contribution is 7.90.